The SMILES string of the molecule is CCNC(C)c1ccccc1N1CC2(CCOCC2)C1. The fourth-order valence-electron chi connectivity index (χ4n) is 3.61. The number of hydrogen-bond acceptors (Lipinski definition) is 3. The van der Waals surface area contributed by atoms with Gasteiger partial charge < -0.3 is 15.0 Å². The van der Waals surface area contributed by atoms with Crippen LogP contribution in [0.15, 0.2) is 24.3 Å². The fraction of sp³-hybridized carbons (Fsp3) is 0.647. The molecule has 0 saturated carbocycles. The maximum absolute atomic E-state index is 5.51. The molecule has 0 radical (unpaired) electrons. The molecule has 0 aromatic heterocycles. The van der Waals surface area contributed by atoms with E-state index < -0.39 is 0 Å². The van der Waals surface area contributed by atoms with E-state index in [2.05, 4.69) is 48.3 Å². The number of rotatable bonds is 4. The molecule has 110 valence electrons. The van der Waals surface area contributed by atoms with Crippen molar-refractivity contribution in [1.82, 2.24) is 5.32 Å². The van der Waals surface area contributed by atoms with Crippen LogP contribution in [0.1, 0.15) is 38.3 Å². The monoisotopic (exact) mass is 274 g/mol. The summed E-state index contributed by atoms with van der Waals surface area (Å²) in [5, 5.41) is 3.53. The topological polar surface area (TPSA) is 24.5 Å². The Labute approximate surface area is 122 Å². The van der Waals surface area contributed by atoms with Gasteiger partial charge in [-0.2, -0.15) is 0 Å². The lowest BCUT2D eigenvalue weighted by molar-refractivity contribution is -0.000265. The average Bonchev–Trinajstić information content (AvgIpc) is 2.46. The van der Waals surface area contributed by atoms with E-state index in [9.17, 15) is 0 Å². The van der Waals surface area contributed by atoms with Gasteiger partial charge in [0.05, 0.1) is 0 Å². The molecule has 3 rings (SSSR count). The van der Waals surface area contributed by atoms with Gasteiger partial charge in [0.25, 0.3) is 0 Å². The van der Waals surface area contributed by atoms with E-state index in [1.54, 1.807) is 0 Å². The van der Waals surface area contributed by atoms with Gasteiger partial charge in [0.1, 0.15) is 0 Å². The molecule has 1 N–H and O–H groups in total. The highest BCUT2D eigenvalue weighted by molar-refractivity contribution is 5.57. The highest BCUT2D eigenvalue weighted by Crippen LogP contribution is 2.43. The third-order valence-corrected chi connectivity index (χ3v) is 4.86. The van der Waals surface area contributed by atoms with Gasteiger partial charge in [0.15, 0.2) is 0 Å². The smallest absolute Gasteiger partial charge is 0.0472 e. The van der Waals surface area contributed by atoms with E-state index in [1.807, 2.05) is 0 Å². The summed E-state index contributed by atoms with van der Waals surface area (Å²) in [5.74, 6) is 0. The predicted molar refractivity (Wildman–Crippen MR) is 83.2 cm³/mol. The quantitative estimate of drug-likeness (QED) is 0.913. The molecule has 2 aliphatic rings. The summed E-state index contributed by atoms with van der Waals surface area (Å²) in [5.41, 5.74) is 3.38. The molecule has 2 aliphatic heterocycles. The first kappa shape index (κ1) is 13.9. The van der Waals surface area contributed by atoms with Crippen LogP contribution in [0.25, 0.3) is 0 Å². The molecule has 0 aliphatic carbocycles. The van der Waals surface area contributed by atoms with Crippen LogP contribution in [0.5, 0.6) is 0 Å². The Morgan fingerprint density at radius 1 is 1.25 bits per heavy atom. The average molecular weight is 274 g/mol. The minimum Gasteiger partial charge on any atom is -0.381 e. The Kier molecular flexibility index (Phi) is 3.99. The number of nitrogens with zero attached hydrogens (tertiary/aromatic N) is 1. The van der Waals surface area contributed by atoms with E-state index in [4.69, 9.17) is 4.74 Å². The van der Waals surface area contributed by atoms with Gasteiger partial charge in [0.2, 0.25) is 0 Å². The van der Waals surface area contributed by atoms with Crippen LogP contribution in [-0.2, 0) is 4.74 Å². The summed E-state index contributed by atoms with van der Waals surface area (Å²) in [4.78, 5) is 2.55. The van der Waals surface area contributed by atoms with Gasteiger partial charge in [-0.1, -0.05) is 25.1 Å². The molecule has 2 heterocycles. The molecule has 1 unspecified atom stereocenters. The zero-order valence-corrected chi connectivity index (χ0v) is 12.7. The van der Waals surface area contributed by atoms with Crippen molar-refractivity contribution >= 4 is 5.69 Å². The molecule has 20 heavy (non-hydrogen) atoms. The van der Waals surface area contributed by atoms with Crippen molar-refractivity contribution in [2.75, 3.05) is 37.7 Å². The third kappa shape index (κ3) is 2.57. The van der Waals surface area contributed by atoms with E-state index in [1.165, 1.54) is 37.2 Å². The third-order valence-electron chi connectivity index (χ3n) is 4.86. The number of nitrogens with one attached hydrogen (secondary N) is 1. The van der Waals surface area contributed by atoms with E-state index >= 15 is 0 Å². The first-order chi connectivity index (χ1) is 9.74. The summed E-state index contributed by atoms with van der Waals surface area (Å²) in [6.45, 7) is 9.73. The zero-order chi connectivity index (χ0) is 14.0. The van der Waals surface area contributed by atoms with Crippen molar-refractivity contribution in [3.63, 3.8) is 0 Å². The van der Waals surface area contributed by atoms with Gasteiger partial charge >= 0.3 is 0 Å². The molecule has 3 nitrogen and oxygen atoms in total. The first-order valence-corrected chi connectivity index (χ1v) is 7.89. The molecule has 1 aromatic carbocycles. The Balaban J connectivity index is 1.72. The van der Waals surface area contributed by atoms with Crippen LogP contribution >= 0.6 is 0 Å². The van der Waals surface area contributed by atoms with Crippen molar-refractivity contribution in [2.45, 2.75) is 32.7 Å². The zero-order valence-electron chi connectivity index (χ0n) is 12.7. The highest BCUT2D eigenvalue weighted by atomic mass is 16.5. The summed E-state index contributed by atoms with van der Waals surface area (Å²) >= 11 is 0. The minimum absolute atomic E-state index is 0.419. The van der Waals surface area contributed by atoms with E-state index in [0.717, 1.165) is 19.8 Å². The summed E-state index contributed by atoms with van der Waals surface area (Å²) in [7, 11) is 0. The maximum Gasteiger partial charge on any atom is 0.0472 e. The Morgan fingerprint density at radius 3 is 2.65 bits per heavy atom. The molecular formula is C17H26N2O. The Morgan fingerprint density at radius 2 is 1.95 bits per heavy atom. The molecular weight excluding hydrogens is 248 g/mol. The number of para-hydroxylation sites is 1. The van der Waals surface area contributed by atoms with Crippen molar-refractivity contribution in [1.29, 1.82) is 0 Å². The van der Waals surface area contributed by atoms with Gasteiger partial charge in [-0.3, -0.25) is 0 Å². The minimum atomic E-state index is 0.419. The Bertz CT molecular complexity index is 446. The Hall–Kier alpha value is -1.06. The van der Waals surface area contributed by atoms with Crippen LogP contribution in [-0.4, -0.2) is 32.8 Å². The number of ether oxygens (including phenoxy) is 1. The standard InChI is InChI=1S/C17H26N2O/c1-3-18-14(2)15-6-4-5-7-16(15)19-12-17(13-19)8-10-20-11-9-17/h4-7,14,18H,3,8-13H2,1-2H3. The van der Waals surface area contributed by atoms with Gasteiger partial charge in [-0.05, 0) is 37.9 Å². The summed E-state index contributed by atoms with van der Waals surface area (Å²) in [6, 6.07) is 9.26. The second-order valence-electron chi connectivity index (χ2n) is 6.31. The van der Waals surface area contributed by atoms with Crippen LogP contribution < -0.4 is 10.2 Å². The van der Waals surface area contributed by atoms with Gasteiger partial charge in [0, 0.05) is 43.4 Å². The maximum atomic E-state index is 5.51. The first-order valence-electron chi connectivity index (χ1n) is 7.89. The van der Waals surface area contributed by atoms with E-state index in [0.29, 0.717) is 11.5 Å². The lowest BCUT2D eigenvalue weighted by Gasteiger charge is -2.54. The van der Waals surface area contributed by atoms with E-state index in [-0.39, 0.29) is 0 Å². The summed E-state index contributed by atoms with van der Waals surface area (Å²) in [6.07, 6.45) is 2.46. The number of anilines is 1. The molecule has 2 fully saturated rings. The molecule has 1 atom stereocenters. The second kappa shape index (κ2) is 5.74. The number of benzene rings is 1. The van der Waals surface area contributed by atoms with Crippen LogP contribution in [0, 0.1) is 5.41 Å². The van der Waals surface area contributed by atoms with Crippen molar-refractivity contribution in [3.05, 3.63) is 29.8 Å². The lowest BCUT2D eigenvalue weighted by Crippen LogP contribution is -2.58. The normalized spacial score (nSPS) is 22.6. The van der Waals surface area contributed by atoms with Gasteiger partial charge in [-0.15, -0.1) is 0 Å². The van der Waals surface area contributed by atoms with Crippen LogP contribution in [0.2, 0.25) is 0 Å². The molecule has 3 heteroatoms. The number of hydrogen-bond donors (Lipinski definition) is 1. The molecule has 1 spiro atoms. The largest absolute Gasteiger partial charge is 0.381 e. The van der Waals surface area contributed by atoms with Crippen LogP contribution in [0.4, 0.5) is 5.69 Å². The summed E-state index contributed by atoms with van der Waals surface area (Å²) < 4.78 is 5.51. The fourth-order valence-corrected chi connectivity index (χ4v) is 3.61. The second-order valence-corrected chi connectivity index (χ2v) is 6.31. The lowest BCUT2D eigenvalue weighted by atomic mass is 9.73. The molecule has 0 amide bonds. The van der Waals surface area contributed by atoms with Crippen molar-refractivity contribution in [2.24, 2.45) is 5.41 Å². The van der Waals surface area contributed by atoms with Crippen molar-refractivity contribution < 1.29 is 4.74 Å². The van der Waals surface area contributed by atoms with Crippen LogP contribution in [0.3, 0.4) is 0 Å². The molecule has 0 bridgehead atoms. The molecule has 2 saturated heterocycles. The van der Waals surface area contributed by atoms with Crippen molar-refractivity contribution in [3.8, 4) is 0 Å². The predicted octanol–water partition coefficient (Wildman–Crippen LogP) is 2.97. The highest BCUT2D eigenvalue weighted by Gasteiger charge is 2.44. The molecule has 1 aromatic rings. The van der Waals surface area contributed by atoms with Gasteiger partial charge in [-0.25, -0.2) is 0 Å².